The summed E-state index contributed by atoms with van der Waals surface area (Å²) in [6.07, 6.45) is 0. The van der Waals surface area contributed by atoms with E-state index in [9.17, 15) is 0 Å². The first kappa shape index (κ1) is 16.3. The van der Waals surface area contributed by atoms with Crippen LogP contribution in [-0.4, -0.2) is 16.5 Å². The minimum absolute atomic E-state index is 0.558. The van der Waals surface area contributed by atoms with E-state index in [1.807, 2.05) is 13.0 Å². The molecule has 0 bridgehead atoms. The maximum absolute atomic E-state index is 4.57. The molecule has 0 saturated heterocycles. The van der Waals surface area contributed by atoms with Crippen molar-refractivity contribution in [3.05, 3.63) is 40.6 Å². The normalized spacial score (nSPS) is 10.9. The van der Waals surface area contributed by atoms with E-state index in [1.54, 1.807) is 0 Å². The number of nitrogens with zero attached hydrogens (tertiary/aromatic N) is 2. The largest absolute Gasteiger partial charge is 0.354 e. The SMILES string of the molecule is Cc1cc(C)c(Nc2cc(C)nc(NCC(C)C)n2)c(C)c1. The average molecular weight is 298 g/mol. The van der Waals surface area contributed by atoms with Gasteiger partial charge in [-0.3, -0.25) is 0 Å². The minimum atomic E-state index is 0.558. The molecular weight excluding hydrogens is 272 g/mol. The average Bonchev–Trinajstić information content (AvgIpc) is 2.40. The lowest BCUT2D eigenvalue weighted by molar-refractivity contribution is 0.684. The van der Waals surface area contributed by atoms with Crippen LogP contribution in [0.15, 0.2) is 18.2 Å². The topological polar surface area (TPSA) is 49.8 Å². The summed E-state index contributed by atoms with van der Waals surface area (Å²) in [5, 5.41) is 6.73. The van der Waals surface area contributed by atoms with Crippen molar-refractivity contribution in [2.24, 2.45) is 5.92 Å². The van der Waals surface area contributed by atoms with Crippen LogP contribution in [0.25, 0.3) is 0 Å². The Hall–Kier alpha value is -2.10. The maximum atomic E-state index is 4.57. The maximum Gasteiger partial charge on any atom is 0.224 e. The fourth-order valence-corrected chi connectivity index (χ4v) is 2.51. The molecule has 0 fully saturated rings. The Morgan fingerprint density at radius 3 is 2.18 bits per heavy atom. The van der Waals surface area contributed by atoms with E-state index < -0.39 is 0 Å². The van der Waals surface area contributed by atoms with E-state index in [2.05, 4.69) is 67.4 Å². The number of nitrogens with one attached hydrogen (secondary N) is 2. The molecule has 2 aromatic rings. The van der Waals surface area contributed by atoms with Crippen molar-refractivity contribution in [2.75, 3.05) is 17.2 Å². The molecule has 4 heteroatoms. The molecule has 0 atom stereocenters. The van der Waals surface area contributed by atoms with Gasteiger partial charge in [-0.1, -0.05) is 31.5 Å². The first-order chi connectivity index (χ1) is 10.3. The summed E-state index contributed by atoms with van der Waals surface area (Å²) in [6.45, 7) is 13.5. The Bertz CT molecular complexity index is 639. The van der Waals surface area contributed by atoms with Crippen LogP contribution in [0.4, 0.5) is 17.5 Å². The van der Waals surface area contributed by atoms with Gasteiger partial charge in [-0.05, 0) is 44.7 Å². The number of aryl methyl sites for hydroxylation is 4. The van der Waals surface area contributed by atoms with Crippen molar-refractivity contribution >= 4 is 17.5 Å². The highest BCUT2D eigenvalue weighted by Crippen LogP contribution is 2.25. The molecule has 0 aliphatic carbocycles. The number of anilines is 3. The third-order valence-electron chi connectivity index (χ3n) is 3.45. The van der Waals surface area contributed by atoms with E-state index in [-0.39, 0.29) is 0 Å². The number of aromatic nitrogens is 2. The van der Waals surface area contributed by atoms with Crippen LogP contribution in [0.2, 0.25) is 0 Å². The van der Waals surface area contributed by atoms with Crippen LogP contribution in [-0.2, 0) is 0 Å². The molecule has 1 heterocycles. The van der Waals surface area contributed by atoms with Crippen molar-refractivity contribution in [1.82, 2.24) is 9.97 Å². The third kappa shape index (κ3) is 4.20. The molecule has 0 aliphatic rings. The van der Waals surface area contributed by atoms with Gasteiger partial charge in [-0.25, -0.2) is 4.98 Å². The molecule has 0 amide bonds. The van der Waals surface area contributed by atoms with Crippen LogP contribution in [0.1, 0.15) is 36.2 Å². The standard InChI is InChI=1S/C18H26N4/c1-11(2)10-19-18-20-15(6)9-16(22-18)21-17-13(4)7-12(3)8-14(17)5/h7-9,11H,10H2,1-6H3,(H2,19,20,21,22). The van der Waals surface area contributed by atoms with Crippen molar-refractivity contribution in [2.45, 2.75) is 41.5 Å². The molecule has 0 unspecified atom stereocenters. The Morgan fingerprint density at radius 1 is 0.955 bits per heavy atom. The highest BCUT2D eigenvalue weighted by atomic mass is 15.1. The van der Waals surface area contributed by atoms with Crippen molar-refractivity contribution < 1.29 is 0 Å². The molecule has 1 aromatic heterocycles. The highest BCUT2D eigenvalue weighted by Gasteiger charge is 2.07. The predicted octanol–water partition coefficient (Wildman–Crippen LogP) is 4.52. The van der Waals surface area contributed by atoms with Gasteiger partial charge >= 0.3 is 0 Å². The Kier molecular flexibility index (Phi) is 5.01. The Labute approximate surface area is 133 Å². The van der Waals surface area contributed by atoms with E-state index >= 15 is 0 Å². The Balaban J connectivity index is 2.26. The van der Waals surface area contributed by atoms with Crippen molar-refractivity contribution in [3.8, 4) is 0 Å². The van der Waals surface area contributed by atoms with Crippen LogP contribution in [0, 0.1) is 33.6 Å². The number of benzene rings is 1. The summed E-state index contributed by atoms with van der Waals surface area (Å²) in [7, 11) is 0. The fraction of sp³-hybridized carbons (Fsp3) is 0.444. The summed E-state index contributed by atoms with van der Waals surface area (Å²) in [6, 6.07) is 6.34. The van der Waals surface area contributed by atoms with Gasteiger partial charge in [0.2, 0.25) is 5.95 Å². The highest BCUT2D eigenvalue weighted by molar-refractivity contribution is 5.65. The van der Waals surface area contributed by atoms with E-state index in [4.69, 9.17) is 0 Å². The zero-order valence-corrected chi connectivity index (χ0v) is 14.4. The molecule has 0 aliphatic heterocycles. The second-order valence-electron chi connectivity index (χ2n) is 6.39. The van der Waals surface area contributed by atoms with Gasteiger partial charge in [-0.15, -0.1) is 0 Å². The van der Waals surface area contributed by atoms with Gasteiger partial charge in [0.1, 0.15) is 5.82 Å². The number of hydrogen-bond donors (Lipinski definition) is 2. The number of rotatable bonds is 5. The van der Waals surface area contributed by atoms with Crippen LogP contribution in [0.3, 0.4) is 0 Å². The van der Waals surface area contributed by atoms with Crippen molar-refractivity contribution in [1.29, 1.82) is 0 Å². The fourth-order valence-electron chi connectivity index (χ4n) is 2.51. The smallest absolute Gasteiger partial charge is 0.224 e. The van der Waals surface area contributed by atoms with Gasteiger partial charge in [0, 0.05) is 24.0 Å². The van der Waals surface area contributed by atoms with E-state index in [0.29, 0.717) is 11.9 Å². The zero-order chi connectivity index (χ0) is 16.3. The predicted molar refractivity (Wildman–Crippen MR) is 94.0 cm³/mol. The van der Waals surface area contributed by atoms with Gasteiger partial charge < -0.3 is 10.6 Å². The summed E-state index contributed by atoms with van der Waals surface area (Å²) in [4.78, 5) is 9.02. The molecule has 2 rings (SSSR count). The summed E-state index contributed by atoms with van der Waals surface area (Å²) in [5.41, 5.74) is 5.80. The van der Waals surface area contributed by atoms with E-state index in [1.165, 1.54) is 16.7 Å². The molecule has 2 N–H and O–H groups in total. The van der Waals surface area contributed by atoms with Gasteiger partial charge in [0.25, 0.3) is 0 Å². The second-order valence-corrected chi connectivity index (χ2v) is 6.39. The van der Waals surface area contributed by atoms with Crippen LogP contribution >= 0.6 is 0 Å². The zero-order valence-electron chi connectivity index (χ0n) is 14.4. The minimum Gasteiger partial charge on any atom is -0.354 e. The lowest BCUT2D eigenvalue weighted by atomic mass is 10.1. The molecule has 118 valence electrons. The summed E-state index contributed by atoms with van der Waals surface area (Å²) < 4.78 is 0. The van der Waals surface area contributed by atoms with Crippen molar-refractivity contribution in [3.63, 3.8) is 0 Å². The molecule has 4 nitrogen and oxygen atoms in total. The van der Waals surface area contributed by atoms with Gasteiger partial charge in [0.05, 0.1) is 0 Å². The Morgan fingerprint density at radius 2 is 1.59 bits per heavy atom. The molecule has 22 heavy (non-hydrogen) atoms. The first-order valence-corrected chi connectivity index (χ1v) is 7.79. The first-order valence-electron chi connectivity index (χ1n) is 7.79. The summed E-state index contributed by atoms with van der Waals surface area (Å²) in [5.74, 6) is 2.06. The lowest BCUT2D eigenvalue weighted by Crippen LogP contribution is -2.12. The van der Waals surface area contributed by atoms with Crippen LogP contribution in [0.5, 0.6) is 0 Å². The molecule has 0 spiro atoms. The molecule has 0 saturated carbocycles. The van der Waals surface area contributed by atoms with Gasteiger partial charge in [0.15, 0.2) is 0 Å². The summed E-state index contributed by atoms with van der Waals surface area (Å²) >= 11 is 0. The number of hydrogen-bond acceptors (Lipinski definition) is 4. The quantitative estimate of drug-likeness (QED) is 0.852. The van der Waals surface area contributed by atoms with E-state index in [0.717, 1.165) is 23.7 Å². The molecular formula is C18H26N4. The van der Waals surface area contributed by atoms with Crippen LogP contribution < -0.4 is 10.6 Å². The molecule has 0 radical (unpaired) electrons. The second kappa shape index (κ2) is 6.77. The molecule has 1 aromatic carbocycles. The van der Waals surface area contributed by atoms with Gasteiger partial charge in [-0.2, -0.15) is 4.98 Å². The lowest BCUT2D eigenvalue weighted by Gasteiger charge is -2.15. The monoisotopic (exact) mass is 298 g/mol. The third-order valence-corrected chi connectivity index (χ3v) is 3.45.